The summed E-state index contributed by atoms with van der Waals surface area (Å²) < 4.78 is 101. The van der Waals surface area contributed by atoms with Crippen molar-refractivity contribution >= 4 is 105 Å². The number of nitrogens with zero attached hydrogens (tertiary/aromatic N) is 16. The minimum absolute atomic E-state index is 0.121. The first kappa shape index (κ1) is 110. The number of likely N-dealkylation sites (tertiary alicyclic amines) is 1. The number of rotatable bonds is 23. The third-order valence-electron chi connectivity index (χ3n) is 23.1. The van der Waals surface area contributed by atoms with E-state index in [1.54, 1.807) is 158 Å². The predicted octanol–water partition coefficient (Wildman–Crippen LogP) is 11.9. The summed E-state index contributed by atoms with van der Waals surface area (Å²) >= 11 is 5.69. The summed E-state index contributed by atoms with van der Waals surface area (Å²) in [6.07, 6.45) is 8.83. The number of pyridine rings is 1. The molecule has 137 heavy (non-hydrogen) atoms. The predicted molar refractivity (Wildman–Crippen MR) is 546 cm³/mol. The number of carbonyl (C=O) groups is 3. The third kappa shape index (κ3) is 34.2. The number of sulfonamides is 3. The van der Waals surface area contributed by atoms with Crippen molar-refractivity contribution in [1.82, 2.24) is 64.8 Å². The molecule has 3 amide bonds. The molecule has 2 fully saturated rings. The number of hydrogen-bond donors (Lipinski definition) is 5. The quantitative estimate of drug-likeness (QED) is 0.0226. The van der Waals surface area contributed by atoms with Gasteiger partial charge in [0.1, 0.15) is 42.1 Å². The number of nitrogens with one attached hydrogen (secondary N) is 5. The van der Waals surface area contributed by atoms with Crippen LogP contribution in [0.3, 0.4) is 0 Å². The van der Waals surface area contributed by atoms with E-state index in [9.17, 15) is 54.1 Å². The standard InChI is InChI=1S/C14H21N3O3S.C13H19N3O3S.C12H19N3O3S.2C11H15NO.C10H12FN.C10H12N2O2.C9H11N5.C8H11ClN2/c1-15-11-5-4-6-12(9-11)17(10-14(18)16(2)3)21(19,20)13-7-8-13;1-14-11-5-3-6-12(9-11)16(20(2,18)19)10-13(17)15-7-4-8-15;1-13-10-6-5-7-11(8-10)15(19(4,17)18)9-12(16)14(2)3;1-12-6-5-9-3-4-11(13-2)7-10(9)8-12;1-12-7-6-10-9(8-12)4-3-5-11(10)13-2;1-12-5-4-8-2-3-10(11)6-9(8)7-12;1-11-5-4-8-2-3-10(12(13)14)6-9(8)7-11;1-10-8-5-3-4-7(6-8)9-11-12-13-14(9)2;1-6-7(5-10-2)3-4-8(9)11-6/h4-6,9,13,15H,7-8,10H2,1-3H3;3,5-6,9,14H,4,7-8,10H2,1-2H3;5-8,13H,9H2,1-4H3;3-4,7H,5-6,8H2,1-2H3;3-5H,6-8H2,1-2H3;2-3,6H,4-5,7H2,1H3;2-3,6H,4-5,7H2,1H3;3-6,10H,1-2H3;3-4,10H,5H2,1-2H3. The normalized spacial score (nSPS) is 14.1. The van der Waals surface area contributed by atoms with Gasteiger partial charge in [-0.05, 0) is 251 Å². The Morgan fingerprint density at radius 3 is 1.42 bits per heavy atom. The number of ether oxygens (including phenoxy) is 2. The molecule has 0 atom stereocenters. The van der Waals surface area contributed by atoms with Gasteiger partial charge in [-0.2, -0.15) is 0 Å². The molecule has 7 heterocycles. The molecule has 742 valence electrons. The second kappa shape index (κ2) is 53.0. The number of methoxy groups -OCH3 is 2. The molecule has 0 radical (unpaired) electrons. The molecule has 34 nitrogen and oxygen atoms in total. The summed E-state index contributed by atoms with van der Waals surface area (Å²) in [5.41, 5.74) is 18.7. The molecule has 8 aromatic carbocycles. The van der Waals surface area contributed by atoms with Gasteiger partial charge in [-0.15, -0.1) is 5.10 Å². The van der Waals surface area contributed by atoms with Gasteiger partial charge in [0, 0.05) is 182 Å². The summed E-state index contributed by atoms with van der Waals surface area (Å²) in [5, 5.41) is 37.1. The van der Waals surface area contributed by atoms with E-state index in [4.69, 9.17) is 21.1 Å². The van der Waals surface area contributed by atoms with Gasteiger partial charge in [-0.1, -0.05) is 78.3 Å². The van der Waals surface area contributed by atoms with Crippen molar-refractivity contribution in [2.24, 2.45) is 7.05 Å². The SMILES string of the molecule is CN1CCc2ccc(F)cc2C1.CN1CCc2ccc([N+](=O)[O-])cc2C1.CNCc1ccc(Cl)nc1C.CNc1cccc(-c2nnnn2C)c1.CNc1cccc(N(CC(=O)N(C)C)S(=O)(=O)C2CC2)c1.CNc1cccc(N(CC(=O)N(C)C)S(C)(=O)=O)c1.CNc1cccc(N(CC(=O)N2CCC2)S(C)(=O)=O)c1.COc1ccc2c(c1)CN(C)CC2.COc1cccc2c1CCN(C)C2. The number of aromatic nitrogens is 5. The van der Waals surface area contributed by atoms with E-state index in [0.29, 0.717) is 48.1 Å². The highest BCUT2D eigenvalue weighted by Gasteiger charge is 2.41. The smallest absolute Gasteiger partial charge is 0.269 e. The Bertz CT molecular complexity index is 6010. The molecule has 39 heteroatoms. The number of tetrazole rings is 1. The van der Waals surface area contributed by atoms with Crippen LogP contribution in [0.15, 0.2) is 182 Å². The van der Waals surface area contributed by atoms with Crippen molar-refractivity contribution in [1.29, 1.82) is 0 Å². The van der Waals surface area contributed by atoms with Crippen molar-refractivity contribution in [3.63, 3.8) is 0 Å². The number of anilines is 7. The van der Waals surface area contributed by atoms with Gasteiger partial charge in [0.15, 0.2) is 5.82 Å². The van der Waals surface area contributed by atoms with Crippen LogP contribution < -0.4 is 49.0 Å². The number of carbonyl (C=O) groups excluding carboxylic acids is 3. The molecule has 1 aliphatic carbocycles. The number of aryl methyl sites for hydroxylation is 2. The third-order valence-corrected chi connectivity index (χ3v) is 27.9. The van der Waals surface area contributed by atoms with Crippen LogP contribution in [0.1, 0.15) is 75.0 Å². The van der Waals surface area contributed by atoms with E-state index in [1.165, 1.54) is 59.6 Å². The van der Waals surface area contributed by atoms with Crippen molar-refractivity contribution in [2.75, 3.05) is 211 Å². The van der Waals surface area contributed by atoms with E-state index in [1.807, 2.05) is 108 Å². The number of halogens is 2. The Labute approximate surface area is 813 Å². The molecule has 2 aromatic heterocycles. The first-order chi connectivity index (χ1) is 65.1. The summed E-state index contributed by atoms with van der Waals surface area (Å²) in [5.74, 6) is 1.98. The molecular formula is C98H135ClFN21O13S3. The zero-order valence-electron chi connectivity index (χ0n) is 82.2. The fourth-order valence-electron chi connectivity index (χ4n) is 14.8. The topological polar surface area (TPSA) is 364 Å². The molecule has 0 bridgehead atoms. The van der Waals surface area contributed by atoms with E-state index >= 15 is 0 Å². The zero-order chi connectivity index (χ0) is 100. The van der Waals surface area contributed by atoms with Gasteiger partial charge in [-0.3, -0.25) is 37.4 Å². The maximum atomic E-state index is 12.8. The van der Waals surface area contributed by atoms with Gasteiger partial charge in [-0.25, -0.2) is 39.3 Å². The number of hydrogen-bond acceptors (Lipinski definition) is 26. The molecular weight excluding hydrogens is 1830 g/mol. The Morgan fingerprint density at radius 1 is 0.518 bits per heavy atom. The second-order valence-corrected chi connectivity index (χ2v) is 40.5. The molecule has 6 aliphatic rings. The number of nitro groups is 1. The van der Waals surface area contributed by atoms with E-state index in [2.05, 4.69) is 112 Å². The van der Waals surface area contributed by atoms with Crippen LogP contribution in [-0.2, 0) is 110 Å². The molecule has 5 N–H and O–H groups in total. The number of fused-ring (bicyclic) bond motifs is 4. The van der Waals surface area contributed by atoms with Crippen molar-refractivity contribution in [3.05, 3.63) is 259 Å². The highest BCUT2D eigenvalue weighted by atomic mass is 35.5. The Morgan fingerprint density at radius 2 is 0.971 bits per heavy atom. The number of benzene rings is 8. The van der Waals surface area contributed by atoms with Crippen LogP contribution in [0.25, 0.3) is 11.4 Å². The van der Waals surface area contributed by atoms with E-state index in [0.717, 1.165) is 168 Å². The highest BCUT2D eigenvalue weighted by Crippen LogP contribution is 2.36. The Balaban J connectivity index is 0.000000191. The average molecular weight is 1970 g/mol. The van der Waals surface area contributed by atoms with Crippen molar-refractivity contribution < 1.29 is 58.4 Å². The monoisotopic (exact) mass is 1960 g/mol. The second-order valence-electron chi connectivity index (χ2n) is 34.2. The molecule has 0 spiro atoms. The van der Waals surface area contributed by atoms with Crippen LogP contribution in [0.5, 0.6) is 11.5 Å². The summed E-state index contributed by atoms with van der Waals surface area (Å²) in [7, 11) is 18.7. The van der Waals surface area contributed by atoms with Crippen LogP contribution in [0, 0.1) is 22.9 Å². The van der Waals surface area contributed by atoms with Crippen LogP contribution >= 0.6 is 11.6 Å². The lowest BCUT2D eigenvalue weighted by Crippen LogP contribution is -2.48. The fourth-order valence-corrected chi connectivity index (χ4v) is 18.5. The number of likely N-dealkylation sites (N-methyl/N-ethyl adjacent to an activating group) is 6. The molecule has 16 rings (SSSR count). The van der Waals surface area contributed by atoms with Crippen LogP contribution in [0.2, 0.25) is 5.15 Å². The molecule has 1 saturated heterocycles. The largest absolute Gasteiger partial charge is 0.497 e. The molecule has 0 unspecified atom stereocenters. The highest BCUT2D eigenvalue weighted by molar-refractivity contribution is 7.93. The molecule has 1 saturated carbocycles. The van der Waals surface area contributed by atoms with Crippen molar-refractivity contribution in [3.8, 4) is 22.9 Å². The number of amides is 3. The van der Waals surface area contributed by atoms with E-state index in [-0.39, 0.29) is 59.0 Å². The first-order valence-electron chi connectivity index (χ1n) is 44.9. The molecule has 5 aliphatic heterocycles. The maximum absolute atomic E-state index is 12.8. The van der Waals surface area contributed by atoms with Gasteiger partial charge >= 0.3 is 0 Å². The summed E-state index contributed by atoms with van der Waals surface area (Å²) in [4.78, 5) is 63.5. The minimum Gasteiger partial charge on any atom is -0.497 e. The Hall–Kier alpha value is -12.1. The van der Waals surface area contributed by atoms with Gasteiger partial charge in [0.05, 0.1) is 54.0 Å². The average Bonchev–Trinajstić information content (AvgIpc) is 1.63. The molecule has 10 aromatic rings. The maximum Gasteiger partial charge on any atom is 0.269 e. The van der Waals surface area contributed by atoms with Crippen molar-refractivity contribution in [2.45, 2.75) is 89.8 Å². The summed E-state index contributed by atoms with van der Waals surface area (Å²) in [6.45, 7) is 11.9. The van der Waals surface area contributed by atoms with Crippen LogP contribution in [-0.4, -0.2) is 290 Å². The zero-order valence-corrected chi connectivity index (χ0v) is 85.4. The van der Waals surface area contributed by atoms with Gasteiger partial charge in [0.25, 0.3) is 5.69 Å². The lowest BCUT2D eigenvalue weighted by molar-refractivity contribution is -0.385. The minimum atomic E-state index is -3.51. The first-order valence-corrected chi connectivity index (χ1v) is 50.5. The lowest BCUT2D eigenvalue weighted by atomic mass is 9.99. The van der Waals surface area contributed by atoms with Gasteiger partial charge < -0.3 is 70.4 Å². The van der Waals surface area contributed by atoms with Gasteiger partial charge in [0.2, 0.25) is 47.8 Å². The summed E-state index contributed by atoms with van der Waals surface area (Å²) in [6, 6.07) is 55.6. The fraction of sp³-hybridized carbons (Fsp3) is 0.418. The van der Waals surface area contributed by atoms with Crippen LogP contribution in [0.4, 0.5) is 49.9 Å². The number of non-ortho nitro benzene ring substituents is 1. The lowest BCUT2D eigenvalue weighted by Gasteiger charge is -2.33. The van der Waals surface area contributed by atoms with E-state index < -0.39 is 30.1 Å². The number of nitro benzene ring substituents is 1. The Kier molecular flexibility index (Phi) is 42.6.